The number of carbonyl (C=O) groups is 1. The first-order valence-electron chi connectivity index (χ1n) is 10.8. The van der Waals surface area contributed by atoms with E-state index in [9.17, 15) is 13.2 Å². The van der Waals surface area contributed by atoms with Crippen LogP contribution in [0.1, 0.15) is 40.8 Å². The van der Waals surface area contributed by atoms with Crippen molar-refractivity contribution in [3.8, 4) is 0 Å². The summed E-state index contributed by atoms with van der Waals surface area (Å²) in [6.45, 7) is 7.36. The maximum atomic E-state index is 13.4. The fourth-order valence-corrected chi connectivity index (χ4v) is 5.94. The van der Waals surface area contributed by atoms with Crippen LogP contribution in [0.5, 0.6) is 0 Å². The highest BCUT2D eigenvalue weighted by Crippen LogP contribution is 2.23. The number of sulfonamides is 1. The second-order valence-electron chi connectivity index (χ2n) is 8.37. The highest BCUT2D eigenvalue weighted by molar-refractivity contribution is 9.10. The van der Waals surface area contributed by atoms with Gasteiger partial charge < -0.3 is 5.32 Å². The minimum atomic E-state index is -3.93. The fraction of sp³-hybridized carbons (Fsp3) is 0.269. The normalized spacial score (nSPS) is 13.4. The Bertz CT molecular complexity index is 1200. The zero-order chi connectivity index (χ0) is 24.2. The molecule has 0 spiro atoms. The van der Waals surface area contributed by atoms with Gasteiger partial charge in [0.25, 0.3) is 0 Å². The number of benzene rings is 3. The minimum Gasteiger partial charge on any atom is -0.348 e. The third kappa shape index (κ3) is 6.53. The van der Waals surface area contributed by atoms with Crippen LogP contribution < -0.4 is 10.0 Å². The molecule has 33 heavy (non-hydrogen) atoms. The Morgan fingerprint density at radius 2 is 1.52 bits per heavy atom. The lowest BCUT2D eigenvalue weighted by Gasteiger charge is -2.23. The molecule has 0 aliphatic heterocycles. The van der Waals surface area contributed by atoms with Gasteiger partial charge in [0.1, 0.15) is 6.04 Å². The number of nitrogens with one attached hydrogen (secondary N) is 2. The van der Waals surface area contributed by atoms with Crippen LogP contribution in [0.15, 0.2) is 76.1 Å². The van der Waals surface area contributed by atoms with Crippen LogP contribution in [0, 0.1) is 20.8 Å². The Kier molecular flexibility index (Phi) is 8.10. The van der Waals surface area contributed by atoms with E-state index in [4.69, 9.17) is 0 Å². The molecule has 0 aromatic heterocycles. The summed E-state index contributed by atoms with van der Waals surface area (Å²) in [5.41, 5.74) is 4.10. The minimum absolute atomic E-state index is 0.222. The van der Waals surface area contributed by atoms with E-state index in [1.165, 1.54) is 0 Å². The molecule has 3 aromatic rings. The van der Waals surface area contributed by atoms with E-state index < -0.39 is 16.1 Å². The van der Waals surface area contributed by atoms with Crippen LogP contribution >= 0.6 is 15.9 Å². The molecule has 0 unspecified atom stereocenters. The fourth-order valence-electron chi connectivity index (χ4n) is 4.02. The molecule has 0 aliphatic rings. The second kappa shape index (κ2) is 10.6. The standard InChI is InChI=1S/C26H29BrN2O3S/c1-17-14-18(2)25(19(3)15-17)33(31,32)29-24(16-21-8-6-5-7-9-21)26(30)28-20(4)22-10-12-23(27)13-11-22/h5-15,20,24,29H,16H2,1-4H3,(H,28,30)/t20-,24-/m0/s1. The molecule has 3 aromatic carbocycles. The lowest BCUT2D eigenvalue weighted by molar-refractivity contribution is -0.123. The van der Waals surface area contributed by atoms with Gasteiger partial charge in [-0.25, -0.2) is 8.42 Å². The third-order valence-electron chi connectivity index (χ3n) is 5.50. The summed E-state index contributed by atoms with van der Waals surface area (Å²) in [5.74, 6) is -0.375. The number of carbonyl (C=O) groups excluding carboxylic acids is 1. The van der Waals surface area contributed by atoms with Gasteiger partial charge in [-0.2, -0.15) is 4.72 Å². The quantitative estimate of drug-likeness (QED) is 0.424. The van der Waals surface area contributed by atoms with E-state index in [1.54, 1.807) is 13.8 Å². The van der Waals surface area contributed by atoms with Crippen molar-refractivity contribution >= 4 is 31.9 Å². The van der Waals surface area contributed by atoms with Crippen molar-refractivity contribution in [1.82, 2.24) is 10.0 Å². The largest absolute Gasteiger partial charge is 0.348 e. The van der Waals surface area contributed by atoms with Gasteiger partial charge in [-0.05, 0) is 68.5 Å². The van der Waals surface area contributed by atoms with Crippen LogP contribution in [0.2, 0.25) is 0 Å². The molecule has 174 valence electrons. The Hall–Kier alpha value is -2.48. The smallest absolute Gasteiger partial charge is 0.241 e. The summed E-state index contributed by atoms with van der Waals surface area (Å²) in [6, 6.07) is 19.5. The van der Waals surface area contributed by atoms with Gasteiger partial charge in [0.2, 0.25) is 15.9 Å². The Morgan fingerprint density at radius 1 is 0.939 bits per heavy atom. The average molecular weight is 530 g/mol. The molecule has 0 heterocycles. The molecule has 0 aliphatic carbocycles. The van der Waals surface area contributed by atoms with Gasteiger partial charge in [0, 0.05) is 4.47 Å². The molecule has 0 fully saturated rings. The number of aryl methyl sites for hydroxylation is 3. The summed E-state index contributed by atoms with van der Waals surface area (Å²) in [6.07, 6.45) is 0.239. The highest BCUT2D eigenvalue weighted by Gasteiger charge is 2.29. The number of halogens is 1. The predicted molar refractivity (Wildman–Crippen MR) is 136 cm³/mol. The number of amides is 1. The second-order valence-corrected chi connectivity index (χ2v) is 10.9. The summed E-state index contributed by atoms with van der Waals surface area (Å²) < 4.78 is 30.4. The van der Waals surface area contributed by atoms with Crippen LogP contribution in [-0.4, -0.2) is 20.4 Å². The molecule has 1 amide bonds. The summed E-state index contributed by atoms with van der Waals surface area (Å²) >= 11 is 3.41. The van der Waals surface area contributed by atoms with Crippen LogP contribution in [0.3, 0.4) is 0 Å². The summed E-state index contributed by atoms with van der Waals surface area (Å²) in [5, 5.41) is 2.97. The monoisotopic (exact) mass is 528 g/mol. The van der Waals surface area contributed by atoms with Crippen molar-refractivity contribution in [2.45, 2.75) is 51.1 Å². The molecule has 3 rings (SSSR count). The maximum Gasteiger partial charge on any atom is 0.241 e. The van der Waals surface area contributed by atoms with E-state index in [0.29, 0.717) is 11.1 Å². The van der Waals surface area contributed by atoms with Crippen molar-refractivity contribution in [3.63, 3.8) is 0 Å². The average Bonchev–Trinajstić information content (AvgIpc) is 2.73. The lowest BCUT2D eigenvalue weighted by atomic mass is 10.0. The molecule has 0 saturated heterocycles. The Balaban J connectivity index is 1.89. The van der Waals surface area contributed by atoms with Gasteiger partial charge in [0.15, 0.2) is 0 Å². The predicted octanol–water partition coefficient (Wildman–Crippen LogP) is 5.14. The van der Waals surface area contributed by atoms with Crippen LogP contribution in [0.25, 0.3) is 0 Å². The third-order valence-corrected chi connectivity index (χ3v) is 7.80. The van der Waals surface area contributed by atoms with Crippen molar-refractivity contribution in [3.05, 3.63) is 99.0 Å². The van der Waals surface area contributed by atoms with Crippen molar-refractivity contribution in [2.75, 3.05) is 0 Å². The Labute approximate surface area is 204 Å². The molecule has 0 radical (unpaired) electrons. The van der Waals surface area contributed by atoms with E-state index in [2.05, 4.69) is 26.0 Å². The number of hydrogen-bond acceptors (Lipinski definition) is 3. The van der Waals surface area contributed by atoms with Crippen LogP contribution in [-0.2, 0) is 21.2 Å². The number of rotatable bonds is 8. The molecular formula is C26H29BrN2O3S. The Morgan fingerprint density at radius 3 is 2.09 bits per heavy atom. The van der Waals surface area contributed by atoms with E-state index in [1.807, 2.05) is 80.6 Å². The highest BCUT2D eigenvalue weighted by atomic mass is 79.9. The molecule has 2 N–H and O–H groups in total. The topological polar surface area (TPSA) is 75.3 Å². The lowest BCUT2D eigenvalue weighted by Crippen LogP contribution is -2.48. The molecular weight excluding hydrogens is 500 g/mol. The zero-order valence-electron chi connectivity index (χ0n) is 19.2. The first kappa shape index (κ1) is 25.1. The van der Waals surface area contributed by atoms with Crippen molar-refractivity contribution < 1.29 is 13.2 Å². The van der Waals surface area contributed by atoms with Crippen LogP contribution in [0.4, 0.5) is 0 Å². The van der Waals surface area contributed by atoms with Gasteiger partial charge in [-0.1, -0.05) is 76.1 Å². The van der Waals surface area contributed by atoms with Gasteiger partial charge in [-0.3, -0.25) is 4.79 Å². The van der Waals surface area contributed by atoms with Crippen molar-refractivity contribution in [1.29, 1.82) is 0 Å². The molecule has 5 nitrogen and oxygen atoms in total. The molecule has 7 heteroatoms. The van der Waals surface area contributed by atoms with Gasteiger partial charge in [-0.15, -0.1) is 0 Å². The van der Waals surface area contributed by atoms with E-state index >= 15 is 0 Å². The first-order chi connectivity index (χ1) is 15.6. The zero-order valence-corrected chi connectivity index (χ0v) is 21.6. The maximum absolute atomic E-state index is 13.4. The SMILES string of the molecule is Cc1cc(C)c(S(=O)(=O)N[C@@H](Cc2ccccc2)C(=O)N[C@@H](C)c2ccc(Br)cc2)c(C)c1. The molecule has 0 saturated carbocycles. The summed E-state index contributed by atoms with van der Waals surface area (Å²) in [4.78, 5) is 13.5. The number of hydrogen-bond donors (Lipinski definition) is 2. The van der Waals surface area contributed by atoms with E-state index in [-0.39, 0.29) is 23.3 Å². The van der Waals surface area contributed by atoms with E-state index in [0.717, 1.165) is 21.2 Å². The molecule has 2 atom stereocenters. The molecule has 0 bridgehead atoms. The summed E-state index contributed by atoms with van der Waals surface area (Å²) in [7, 11) is -3.93. The van der Waals surface area contributed by atoms with Crippen molar-refractivity contribution in [2.24, 2.45) is 0 Å². The van der Waals surface area contributed by atoms with Gasteiger partial charge in [0.05, 0.1) is 10.9 Å². The first-order valence-corrected chi connectivity index (χ1v) is 13.0. The van der Waals surface area contributed by atoms with Gasteiger partial charge >= 0.3 is 0 Å².